The van der Waals surface area contributed by atoms with Crippen LogP contribution in [0.25, 0.3) is 0 Å². The van der Waals surface area contributed by atoms with Crippen LogP contribution in [0, 0.1) is 0 Å². The number of carbonyl (C=O) groups excluding carboxylic acids is 4. The zero-order valence-electron chi connectivity index (χ0n) is 17.4. The molecule has 0 fully saturated rings. The van der Waals surface area contributed by atoms with Crippen LogP contribution in [0.5, 0.6) is 0 Å². The lowest BCUT2D eigenvalue weighted by atomic mass is 10.2. The summed E-state index contributed by atoms with van der Waals surface area (Å²) in [6.45, 7) is 5.73. The minimum Gasteiger partial charge on any atom is -0.456 e. The average molecular weight is 461 g/mol. The van der Waals surface area contributed by atoms with E-state index in [-0.39, 0.29) is 6.61 Å². The highest BCUT2D eigenvalue weighted by atomic mass is 35.5. The largest absolute Gasteiger partial charge is 0.456 e. The fourth-order valence-electron chi connectivity index (χ4n) is 1.42. The number of aliphatic hydroxyl groups excluding tert-OH is 1. The average Bonchev–Trinajstić information content (AvgIpc) is 3.31. The predicted molar refractivity (Wildman–Crippen MR) is 110 cm³/mol. The summed E-state index contributed by atoms with van der Waals surface area (Å²) in [6.07, 6.45) is 2.44. The maximum atomic E-state index is 11.3. The van der Waals surface area contributed by atoms with Crippen LogP contribution < -0.4 is 11.1 Å². The van der Waals surface area contributed by atoms with E-state index in [0.29, 0.717) is 11.6 Å². The molecule has 2 rings (SSSR count). The van der Waals surface area contributed by atoms with Gasteiger partial charge in [-0.25, -0.2) is 4.79 Å². The molecule has 172 valence electrons. The van der Waals surface area contributed by atoms with E-state index in [9.17, 15) is 19.2 Å². The van der Waals surface area contributed by atoms with Crippen molar-refractivity contribution in [3.63, 3.8) is 0 Å². The molecule has 0 spiro atoms. The lowest BCUT2D eigenvalue weighted by Crippen LogP contribution is -2.27. The number of anilines is 2. The van der Waals surface area contributed by atoms with Crippen molar-refractivity contribution in [3.8, 4) is 0 Å². The minimum atomic E-state index is -0.666. The molecule has 13 nitrogen and oxygen atoms in total. The highest BCUT2D eigenvalue weighted by molar-refractivity contribution is 6.64. The van der Waals surface area contributed by atoms with Gasteiger partial charge >= 0.3 is 12.1 Å². The molecule has 0 aliphatic rings. The lowest BCUT2D eigenvalue weighted by molar-refractivity contribution is -0.143. The summed E-state index contributed by atoms with van der Waals surface area (Å²) >= 11 is 4.81. The Kier molecular flexibility index (Phi) is 12.2. The van der Waals surface area contributed by atoms with Crippen molar-refractivity contribution < 1.29 is 33.8 Å². The Morgan fingerprint density at radius 3 is 2.29 bits per heavy atom. The van der Waals surface area contributed by atoms with Crippen LogP contribution in [-0.2, 0) is 23.9 Å². The number of nitrogens with zero attached hydrogens (tertiary/aromatic N) is 3. The summed E-state index contributed by atoms with van der Waals surface area (Å²) in [6, 6.07) is 3.12. The van der Waals surface area contributed by atoms with Gasteiger partial charge in [-0.1, -0.05) is 0 Å². The Hall–Kier alpha value is -3.45. The van der Waals surface area contributed by atoms with Crippen LogP contribution in [0.4, 0.5) is 16.4 Å². The van der Waals surface area contributed by atoms with Gasteiger partial charge in [0, 0.05) is 25.3 Å². The van der Waals surface area contributed by atoms with Gasteiger partial charge in [0.1, 0.15) is 23.8 Å². The summed E-state index contributed by atoms with van der Waals surface area (Å²) in [4.78, 5) is 41.5. The zero-order chi connectivity index (χ0) is 24.0. The molecule has 31 heavy (non-hydrogen) atoms. The fourth-order valence-corrected chi connectivity index (χ4v) is 1.48. The Balaban J connectivity index is 0.000000451. The first kappa shape index (κ1) is 27.5. The van der Waals surface area contributed by atoms with Crippen molar-refractivity contribution in [1.29, 1.82) is 0 Å². The molecule has 2 aromatic rings. The summed E-state index contributed by atoms with van der Waals surface area (Å²) in [7, 11) is 0. The molecule has 1 amide bonds. The predicted octanol–water partition coefficient (Wildman–Crippen LogP) is 0.904. The number of ether oxygens (including phenoxy) is 2. The van der Waals surface area contributed by atoms with Crippen LogP contribution >= 0.6 is 11.6 Å². The van der Waals surface area contributed by atoms with E-state index in [4.69, 9.17) is 27.2 Å². The highest BCUT2D eigenvalue weighted by Crippen LogP contribution is 2.08. The molecule has 0 atom stereocenters. The normalized spacial score (nSPS) is 9.87. The van der Waals surface area contributed by atoms with Gasteiger partial charge in [-0.3, -0.25) is 19.5 Å². The number of nitrogens with two attached hydrogens (primary N) is 1. The van der Waals surface area contributed by atoms with Crippen LogP contribution in [0.15, 0.2) is 24.5 Å². The number of rotatable bonds is 4. The smallest absolute Gasteiger partial charge is 0.435 e. The van der Waals surface area contributed by atoms with Gasteiger partial charge in [0.05, 0.1) is 6.20 Å². The van der Waals surface area contributed by atoms with Crippen molar-refractivity contribution in [2.24, 2.45) is 0 Å². The van der Waals surface area contributed by atoms with Crippen LogP contribution in [0.2, 0.25) is 0 Å². The van der Waals surface area contributed by atoms with Gasteiger partial charge in [0.15, 0.2) is 6.61 Å². The van der Waals surface area contributed by atoms with E-state index in [2.05, 4.69) is 25.3 Å². The summed E-state index contributed by atoms with van der Waals surface area (Å²) in [5.41, 5.74) is 4.82. The van der Waals surface area contributed by atoms with Crippen molar-refractivity contribution in [1.82, 2.24) is 20.0 Å². The molecule has 0 saturated carbocycles. The molecule has 14 heteroatoms. The number of esters is 1. The molecule has 5 N–H and O–H groups in total. The van der Waals surface area contributed by atoms with Gasteiger partial charge < -0.3 is 25.6 Å². The lowest BCUT2D eigenvalue weighted by Gasteiger charge is -2.18. The maximum Gasteiger partial charge on any atom is 0.435 e. The van der Waals surface area contributed by atoms with Gasteiger partial charge in [-0.15, -0.1) is 5.10 Å². The van der Waals surface area contributed by atoms with E-state index in [1.807, 2.05) is 0 Å². The number of hydrogen-bond donors (Lipinski definition) is 4. The third kappa shape index (κ3) is 15.1. The molecule has 0 saturated heterocycles. The Morgan fingerprint density at radius 1 is 1.29 bits per heavy atom. The Morgan fingerprint density at radius 2 is 1.94 bits per heavy atom. The number of H-pyrrole nitrogens is 1. The number of amides is 1. The first-order chi connectivity index (χ1) is 14.3. The van der Waals surface area contributed by atoms with Crippen molar-refractivity contribution in [2.75, 3.05) is 24.3 Å². The number of halogens is 1. The molecule has 2 aromatic heterocycles. The van der Waals surface area contributed by atoms with Crippen molar-refractivity contribution in [3.05, 3.63) is 24.5 Å². The molecule has 0 radical (unpaired) electrons. The van der Waals surface area contributed by atoms with Crippen LogP contribution in [0.1, 0.15) is 27.7 Å². The second-order valence-electron chi connectivity index (χ2n) is 6.48. The molecule has 0 unspecified atom stereocenters. The zero-order valence-corrected chi connectivity index (χ0v) is 18.2. The summed E-state index contributed by atoms with van der Waals surface area (Å²) in [5.74, 6) is -0.173. The SMILES string of the molecule is CC(=O)OCC(=O)Cl.CC(C)(C)OC(=O)n1ccc(N)n1.O=C(CO)Nc1ccn[nH]1. The number of aliphatic hydroxyl groups is 1. The molecular formula is C17H25ClN6O7. The standard InChI is InChI=1S/C8H13N3O2.C5H7N3O2.C4H5ClO3/c1-8(2,3)13-7(12)11-5-4-6(9)10-11;9-3-5(10)7-4-1-2-6-8-4;1-3(6)8-2-4(5)7/h4-5H,1-3H3,(H2,9,10);1-2,9H,3H2,(H2,6,7,8,10);2H2,1H3. The van der Waals surface area contributed by atoms with Gasteiger partial charge in [-0.2, -0.15) is 9.78 Å². The van der Waals surface area contributed by atoms with Gasteiger partial charge in [0.2, 0.25) is 0 Å². The summed E-state index contributed by atoms with van der Waals surface area (Å²) < 4.78 is 10.3. The number of hydrogen-bond acceptors (Lipinski definition) is 10. The number of nitrogens with one attached hydrogen (secondary N) is 2. The van der Waals surface area contributed by atoms with E-state index >= 15 is 0 Å². The van der Waals surface area contributed by atoms with Gasteiger partial charge in [-0.05, 0) is 32.4 Å². The second-order valence-corrected chi connectivity index (χ2v) is 6.90. The molecule has 2 heterocycles. The molecule has 0 aliphatic heterocycles. The number of nitrogen functional groups attached to an aromatic ring is 1. The second kappa shape index (κ2) is 13.7. The first-order valence-electron chi connectivity index (χ1n) is 8.60. The van der Waals surface area contributed by atoms with Gasteiger partial charge in [0.25, 0.3) is 11.1 Å². The topological polar surface area (TPSA) is 192 Å². The molecular weight excluding hydrogens is 436 g/mol. The highest BCUT2D eigenvalue weighted by Gasteiger charge is 2.17. The number of carbonyl (C=O) groups is 4. The van der Waals surface area contributed by atoms with Crippen molar-refractivity contribution >= 4 is 46.4 Å². The molecule has 0 bridgehead atoms. The quantitative estimate of drug-likeness (QED) is 0.376. The third-order valence-corrected chi connectivity index (χ3v) is 2.61. The van der Waals surface area contributed by atoms with Crippen molar-refractivity contribution in [2.45, 2.75) is 33.3 Å². The van der Waals surface area contributed by atoms with E-state index in [1.165, 1.54) is 25.4 Å². The maximum absolute atomic E-state index is 11.3. The van der Waals surface area contributed by atoms with E-state index in [0.717, 1.165) is 4.68 Å². The van der Waals surface area contributed by atoms with Crippen LogP contribution in [-0.4, -0.2) is 67.1 Å². The minimum absolute atomic E-state index is 0.297. The van der Waals surface area contributed by atoms with E-state index < -0.39 is 35.4 Å². The Bertz CT molecular complexity index is 832. The molecule has 0 aromatic carbocycles. The number of aromatic nitrogens is 4. The fraction of sp³-hybridized carbons (Fsp3) is 0.412. The number of aromatic amines is 1. The van der Waals surface area contributed by atoms with Crippen LogP contribution in [0.3, 0.4) is 0 Å². The van der Waals surface area contributed by atoms with E-state index in [1.54, 1.807) is 26.8 Å². The third-order valence-electron chi connectivity index (χ3n) is 2.50. The first-order valence-corrected chi connectivity index (χ1v) is 8.98. The molecule has 0 aliphatic carbocycles. The summed E-state index contributed by atoms with van der Waals surface area (Å²) in [5, 5.41) is 19.8. The monoisotopic (exact) mass is 460 g/mol. The Labute approximate surface area is 182 Å².